The average Bonchev–Trinajstić information content (AvgIpc) is 3.13. The Balaban J connectivity index is 1.81. The minimum atomic E-state index is -1.93. The monoisotopic (exact) mass is 303 g/mol. The second-order valence-electron chi connectivity index (χ2n) is 5.39. The lowest BCUT2D eigenvalue weighted by Crippen LogP contribution is -2.39. The molecular weight excluding hydrogens is 291 g/mol. The smallest absolute Gasteiger partial charge is 0.226 e. The number of hydrogen-bond donors (Lipinski definition) is 1. The number of ether oxygens (including phenoxy) is 1. The highest BCUT2D eigenvalue weighted by atomic mass is 16.5. The van der Waals surface area contributed by atoms with Gasteiger partial charge in [-0.25, -0.2) is 0 Å². The van der Waals surface area contributed by atoms with Crippen LogP contribution in [0.25, 0.3) is 11.4 Å². The molecule has 3 rings (SSSR count). The van der Waals surface area contributed by atoms with Crippen molar-refractivity contribution in [2.24, 2.45) is 0 Å². The number of carbonyl (C=O) groups excluding carboxylic acids is 1. The molecular formula is C14H12B3N3O3. The van der Waals surface area contributed by atoms with Crippen molar-refractivity contribution in [1.29, 1.82) is 0 Å². The molecule has 0 bridgehead atoms. The lowest BCUT2D eigenvalue weighted by molar-refractivity contribution is -0.121. The topological polar surface area (TPSA) is 77.2 Å². The summed E-state index contributed by atoms with van der Waals surface area (Å²) in [5, 5.41) is 4.65. The Morgan fingerprint density at radius 2 is 2.22 bits per heavy atom. The molecule has 0 aliphatic carbocycles. The van der Waals surface area contributed by atoms with Gasteiger partial charge in [-0.15, -0.1) is 0 Å². The Morgan fingerprint density at radius 3 is 2.87 bits per heavy atom. The van der Waals surface area contributed by atoms with Gasteiger partial charge in [0.2, 0.25) is 17.6 Å². The normalized spacial score (nSPS) is 16.7. The second-order valence-corrected chi connectivity index (χ2v) is 5.39. The largest absolute Gasteiger partial charge is 0.491 e. The number of nitrogens with one attached hydrogen (secondary N) is 1. The number of fused-ring (bicyclic) bond motifs is 1. The van der Waals surface area contributed by atoms with Crippen LogP contribution in [0.2, 0.25) is 5.11 Å². The van der Waals surface area contributed by atoms with Gasteiger partial charge in [0.25, 0.3) is 0 Å². The molecule has 0 unspecified atom stereocenters. The maximum absolute atomic E-state index is 11.8. The SMILES string of the molecule is [B]C([B])([B])C(=O)N[C@@H]1COc2cc(-c3noc(CC)n3)ccc21. The van der Waals surface area contributed by atoms with Crippen molar-refractivity contribution >= 4 is 29.4 Å². The zero-order valence-electron chi connectivity index (χ0n) is 12.6. The van der Waals surface area contributed by atoms with E-state index in [2.05, 4.69) is 15.5 Å². The third-order valence-electron chi connectivity index (χ3n) is 3.52. The van der Waals surface area contributed by atoms with Gasteiger partial charge >= 0.3 is 0 Å². The molecule has 6 nitrogen and oxygen atoms in total. The number of nitrogens with zero attached hydrogens (tertiary/aromatic N) is 2. The quantitative estimate of drug-likeness (QED) is 0.829. The molecule has 0 saturated carbocycles. The molecule has 0 spiro atoms. The first kappa shape index (κ1) is 15.7. The van der Waals surface area contributed by atoms with Crippen LogP contribution in [0.1, 0.15) is 24.4 Å². The number of aryl methyl sites for hydroxylation is 1. The summed E-state index contributed by atoms with van der Waals surface area (Å²) in [6, 6.07) is 5.10. The molecule has 110 valence electrons. The predicted octanol–water partition coefficient (Wildman–Crippen LogP) is 0.428. The minimum absolute atomic E-state index is 0.271. The zero-order valence-corrected chi connectivity index (χ0v) is 12.6. The van der Waals surface area contributed by atoms with Gasteiger partial charge in [0.05, 0.1) is 29.6 Å². The van der Waals surface area contributed by atoms with Crippen LogP contribution >= 0.6 is 0 Å². The van der Waals surface area contributed by atoms with Crippen molar-refractivity contribution in [3.8, 4) is 17.1 Å². The molecule has 1 aliphatic heterocycles. The highest BCUT2D eigenvalue weighted by Crippen LogP contribution is 2.35. The lowest BCUT2D eigenvalue weighted by atomic mass is 9.42. The van der Waals surface area contributed by atoms with Crippen LogP contribution in [0, 0.1) is 0 Å². The standard InChI is InChI=1S/C14H12B3N3O3/c1-2-11-19-12(20-23-11)7-3-4-8-9(6-22-10(8)5-7)18-13(21)14(15,16)17/h3-5,9H,2,6H2,1H3,(H,18,21)/t9-/m1/s1. The van der Waals surface area contributed by atoms with Crippen LogP contribution in [0.3, 0.4) is 0 Å². The van der Waals surface area contributed by atoms with E-state index < -0.39 is 11.0 Å². The van der Waals surface area contributed by atoms with Gasteiger partial charge in [0, 0.05) is 17.5 Å². The van der Waals surface area contributed by atoms with Gasteiger partial charge in [-0.3, -0.25) is 4.79 Å². The van der Waals surface area contributed by atoms with E-state index in [1.165, 1.54) is 0 Å². The fourth-order valence-electron chi connectivity index (χ4n) is 2.27. The first-order valence-corrected chi connectivity index (χ1v) is 7.15. The summed E-state index contributed by atoms with van der Waals surface area (Å²) in [6.45, 7) is 2.20. The molecule has 1 aliphatic rings. The maximum atomic E-state index is 11.8. The van der Waals surface area contributed by atoms with Gasteiger partial charge in [-0.2, -0.15) is 4.98 Å². The first-order chi connectivity index (χ1) is 10.9. The molecule has 23 heavy (non-hydrogen) atoms. The number of hydrogen-bond acceptors (Lipinski definition) is 5. The summed E-state index contributed by atoms with van der Waals surface area (Å²) >= 11 is 0. The molecule has 0 saturated heterocycles. The Bertz CT molecular complexity index is 742. The third kappa shape index (κ3) is 3.13. The fraction of sp³-hybridized carbons (Fsp3) is 0.357. The zero-order chi connectivity index (χ0) is 16.6. The van der Waals surface area contributed by atoms with Crippen LogP contribution < -0.4 is 10.1 Å². The highest BCUT2D eigenvalue weighted by Gasteiger charge is 2.29. The number of amides is 1. The number of carbonyl (C=O) groups is 1. The molecule has 1 aromatic heterocycles. The van der Waals surface area contributed by atoms with Crippen LogP contribution in [-0.4, -0.2) is 46.2 Å². The fourth-order valence-corrected chi connectivity index (χ4v) is 2.27. The number of benzene rings is 1. The molecule has 0 fully saturated rings. The van der Waals surface area contributed by atoms with E-state index in [0.717, 1.165) is 11.1 Å². The third-order valence-corrected chi connectivity index (χ3v) is 3.52. The average molecular weight is 303 g/mol. The van der Waals surface area contributed by atoms with E-state index in [0.29, 0.717) is 23.9 Å². The van der Waals surface area contributed by atoms with E-state index in [1.807, 2.05) is 19.1 Å². The molecule has 1 amide bonds. The summed E-state index contributed by atoms with van der Waals surface area (Å²) in [5.74, 6) is 1.03. The van der Waals surface area contributed by atoms with Crippen LogP contribution in [-0.2, 0) is 11.2 Å². The highest BCUT2D eigenvalue weighted by molar-refractivity contribution is 6.68. The Labute approximate surface area is 137 Å². The van der Waals surface area contributed by atoms with Crippen molar-refractivity contribution in [1.82, 2.24) is 15.5 Å². The Morgan fingerprint density at radius 1 is 1.43 bits per heavy atom. The summed E-state index contributed by atoms with van der Waals surface area (Å²) < 4.78 is 10.7. The molecule has 9 heteroatoms. The van der Waals surface area contributed by atoms with Gasteiger partial charge in [0.1, 0.15) is 12.4 Å². The van der Waals surface area contributed by atoms with E-state index in [9.17, 15) is 4.79 Å². The molecule has 2 aromatic rings. The van der Waals surface area contributed by atoms with E-state index >= 15 is 0 Å². The van der Waals surface area contributed by atoms with Crippen LogP contribution in [0.5, 0.6) is 5.75 Å². The number of aromatic nitrogens is 2. The first-order valence-electron chi connectivity index (χ1n) is 7.15. The molecule has 1 atom stereocenters. The maximum Gasteiger partial charge on any atom is 0.226 e. The predicted molar refractivity (Wildman–Crippen MR) is 85.4 cm³/mol. The van der Waals surface area contributed by atoms with Gasteiger partial charge < -0.3 is 14.6 Å². The van der Waals surface area contributed by atoms with Gasteiger partial charge in [0.15, 0.2) is 0 Å². The molecule has 1 N–H and O–H groups in total. The van der Waals surface area contributed by atoms with Crippen molar-refractivity contribution in [2.75, 3.05) is 6.61 Å². The Kier molecular flexibility index (Phi) is 3.96. The van der Waals surface area contributed by atoms with E-state index in [1.54, 1.807) is 6.07 Å². The molecule has 2 heterocycles. The summed E-state index contributed by atoms with van der Waals surface area (Å²) in [4.78, 5) is 16.1. The van der Waals surface area contributed by atoms with E-state index in [4.69, 9.17) is 32.8 Å². The van der Waals surface area contributed by atoms with Gasteiger partial charge in [-0.05, 0) is 6.07 Å². The van der Waals surface area contributed by atoms with Crippen molar-refractivity contribution < 1.29 is 14.1 Å². The summed E-state index contributed by atoms with van der Waals surface area (Å²) in [6.07, 6.45) is 0.668. The summed E-state index contributed by atoms with van der Waals surface area (Å²) in [5.41, 5.74) is 1.58. The Hall–Kier alpha value is -2.18. The second kappa shape index (κ2) is 5.79. The summed E-state index contributed by atoms with van der Waals surface area (Å²) in [7, 11) is 16.1. The lowest BCUT2D eigenvalue weighted by Gasteiger charge is -2.22. The van der Waals surface area contributed by atoms with E-state index in [-0.39, 0.29) is 12.6 Å². The van der Waals surface area contributed by atoms with Crippen LogP contribution in [0.15, 0.2) is 22.7 Å². The molecule has 6 radical (unpaired) electrons. The van der Waals surface area contributed by atoms with Gasteiger partial charge in [-0.1, -0.05) is 29.3 Å². The minimum Gasteiger partial charge on any atom is -0.491 e. The van der Waals surface area contributed by atoms with Crippen molar-refractivity contribution in [3.05, 3.63) is 29.7 Å². The van der Waals surface area contributed by atoms with Crippen molar-refractivity contribution in [3.63, 3.8) is 0 Å². The number of rotatable bonds is 4. The van der Waals surface area contributed by atoms with Crippen LogP contribution in [0.4, 0.5) is 0 Å². The van der Waals surface area contributed by atoms with Crippen molar-refractivity contribution in [2.45, 2.75) is 24.5 Å². The molecule has 1 aromatic carbocycles.